The fourth-order valence-electron chi connectivity index (χ4n) is 4.67. The SMILES string of the molecule is Cc1c(N2CCC2=O)nc2cc(F)cc(F)c2c1Nc1cc(N2CCOCC2)ncc1-c1cncnc1. The second-order valence-electron chi connectivity index (χ2n) is 8.95. The number of fused-ring (bicyclic) bond motifs is 1. The number of nitrogens with one attached hydrogen (secondary N) is 1. The Morgan fingerprint density at radius 1 is 1.03 bits per heavy atom. The predicted octanol–water partition coefficient (Wildman–Crippen LogP) is 3.99. The number of benzene rings is 1. The van der Waals surface area contributed by atoms with Gasteiger partial charge in [-0.1, -0.05) is 0 Å². The van der Waals surface area contributed by atoms with Crippen molar-refractivity contribution in [2.45, 2.75) is 13.3 Å². The monoisotopic (exact) mass is 503 g/mol. The van der Waals surface area contributed by atoms with Crippen LogP contribution in [0.5, 0.6) is 0 Å². The molecule has 2 fully saturated rings. The number of morpholine rings is 1. The number of amides is 1. The van der Waals surface area contributed by atoms with Gasteiger partial charge in [0.05, 0.1) is 35.5 Å². The maximum Gasteiger partial charge on any atom is 0.229 e. The zero-order valence-electron chi connectivity index (χ0n) is 20.0. The number of carbonyl (C=O) groups excluding carboxylic acids is 1. The fourth-order valence-corrected chi connectivity index (χ4v) is 4.67. The topological polar surface area (TPSA) is 96.4 Å². The van der Waals surface area contributed by atoms with Crippen molar-refractivity contribution in [3.63, 3.8) is 0 Å². The Morgan fingerprint density at radius 3 is 2.51 bits per heavy atom. The molecule has 0 atom stereocenters. The number of pyridine rings is 2. The Hall–Kier alpha value is -4.25. The standard InChI is InChI=1S/C26H23F2N7O2/c1-15-25(24-19(28)8-17(27)9-21(24)33-26(15)35-3-2-23(35)36)32-20-10-22(34-4-6-37-7-5-34)31-13-18(20)16-11-29-14-30-12-16/h8-14H,2-7H2,1H3,(H,31,32,33). The van der Waals surface area contributed by atoms with E-state index in [-0.39, 0.29) is 16.8 Å². The first-order valence-corrected chi connectivity index (χ1v) is 11.9. The van der Waals surface area contributed by atoms with E-state index in [9.17, 15) is 9.18 Å². The first kappa shape index (κ1) is 23.2. The van der Waals surface area contributed by atoms with Crippen molar-refractivity contribution in [2.75, 3.05) is 48.0 Å². The molecule has 188 valence electrons. The van der Waals surface area contributed by atoms with Crippen LogP contribution in [-0.2, 0) is 9.53 Å². The predicted molar refractivity (Wildman–Crippen MR) is 135 cm³/mol. The molecule has 2 saturated heterocycles. The van der Waals surface area contributed by atoms with E-state index in [4.69, 9.17) is 4.74 Å². The Kier molecular flexibility index (Phi) is 5.84. The molecule has 0 aliphatic carbocycles. The van der Waals surface area contributed by atoms with Crippen molar-refractivity contribution < 1.29 is 18.3 Å². The van der Waals surface area contributed by atoms with Crippen molar-refractivity contribution in [3.8, 4) is 11.1 Å². The van der Waals surface area contributed by atoms with Gasteiger partial charge in [-0.15, -0.1) is 0 Å². The molecule has 2 aliphatic rings. The van der Waals surface area contributed by atoms with Crippen molar-refractivity contribution >= 4 is 39.8 Å². The van der Waals surface area contributed by atoms with E-state index in [1.165, 1.54) is 17.3 Å². The minimum atomic E-state index is -0.748. The molecule has 4 aromatic rings. The molecule has 0 saturated carbocycles. The first-order valence-electron chi connectivity index (χ1n) is 11.9. The number of ether oxygens (including phenoxy) is 1. The number of halogens is 2. The third-order valence-electron chi connectivity index (χ3n) is 6.68. The molecule has 9 nitrogen and oxygen atoms in total. The highest BCUT2D eigenvalue weighted by atomic mass is 19.1. The summed E-state index contributed by atoms with van der Waals surface area (Å²) in [6, 6.07) is 3.89. The molecule has 6 rings (SSSR count). The van der Waals surface area contributed by atoms with Crippen LogP contribution in [0.4, 0.5) is 31.8 Å². The van der Waals surface area contributed by atoms with Crippen LogP contribution in [0, 0.1) is 18.6 Å². The van der Waals surface area contributed by atoms with Gasteiger partial charge in [-0.2, -0.15) is 0 Å². The van der Waals surface area contributed by atoms with Gasteiger partial charge in [-0.05, 0) is 6.92 Å². The van der Waals surface area contributed by atoms with Crippen LogP contribution in [-0.4, -0.2) is 58.7 Å². The number of carbonyl (C=O) groups is 1. The first-order chi connectivity index (χ1) is 18.0. The van der Waals surface area contributed by atoms with E-state index in [1.807, 2.05) is 6.07 Å². The van der Waals surface area contributed by atoms with Crippen LogP contribution in [0.2, 0.25) is 0 Å². The van der Waals surface area contributed by atoms with Crippen LogP contribution in [0.3, 0.4) is 0 Å². The number of nitrogens with zero attached hydrogens (tertiary/aromatic N) is 6. The van der Waals surface area contributed by atoms with Crippen molar-refractivity contribution in [1.82, 2.24) is 19.9 Å². The van der Waals surface area contributed by atoms with E-state index < -0.39 is 11.6 Å². The highest BCUT2D eigenvalue weighted by Crippen LogP contribution is 2.40. The maximum atomic E-state index is 15.2. The summed E-state index contributed by atoms with van der Waals surface area (Å²) in [5.41, 5.74) is 3.14. The molecule has 0 unspecified atom stereocenters. The second-order valence-corrected chi connectivity index (χ2v) is 8.95. The lowest BCUT2D eigenvalue weighted by Crippen LogP contribution is -2.44. The molecule has 0 radical (unpaired) electrons. The third kappa shape index (κ3) is 4.20. The third-order valence-corrected chi connectivity index (χ3v) is 6.68. The number of aromatic nitrogens is 4. The van der Waals surface area contributed by atoms with Crippen LogP contribution < -0.4 is 15.1 Å². The van der Waals surface area contributed by atoms with Crippen LogP contribution in [0.1, 0.15) is 12.0 Å². The van der Waals surface area contributed by atoms with Gasteiger partial charge in [0.1, 0.15) is 29.6 Å². The Bertz CT molecular complexity index is 1510. The van der Waals surface area contributed by atoms with Crippen LogP contribution >= 0.6 is 0 Å². The van der Waals surface area contributed by atoms with Crippen molar-refractivity contribution in [1.29, 1.82) is 0 Å². The Morgan fingerprint density at radius 2 is 1.81 bits per heavy atom. The van der Waals surface area contributed by atoms with E-state index >= 15 is 4.39 Å². The zero-order chi connectivity index (χ0) is 25.5. The lowest BCUT2D eigenvalue weighted by Gasteiger charge is -2.32. The van der Waals surface area contributed by atoms with Gasteiger partial charge in [0.25, 0.3) is 0 Å². The number of rotatable bonds is 5. The maximum absolute atomic E-state index is 15.2. The normalized spacial score (nSPS) is 15.7. The van der Waals surface area contributed by atoms with Crippen LogP contribution in [0.15, 0.2) is 43.1 Å². The van der Waals surface area contributed by atoms with Gasteiger partial charge in [-0.25, -0.2) is 28.7 Å². The summed E-state index contributed by atoms with van der Waals surface area (Å²) in [6.07, 6.45) is 6.90. The van der Waals surface area contributed by atoms with Gasteiger partial charge in [0, 0.05) is 79.5 Å². The Labute approximate surface area is 211 Å². The van der Waals surface area contributed by atoms with Gasteiger partial charge in [0.15, 0.2) is 0 Å². The summed E-state index contributed by atoms with van der Waals surface area (Å²) in [7, 11) is 0. The van der Waals surface area contributed by atoms with Gasteiger partial charge >= 0.3 is 0 Å². The number of hydrogen-bond donors (Lipinski definition) is 1. The summed E-state index contributed by atoms with van der Waals surface area (Å²) >= 11 is 0. The summed E-state index contributed by atoms with van der Waals surface area (Å²) in [5.74, 6) is -0.468. The quantitative estimate of drug-likeness (QED) is 0.409. The average molecular weight is 504 g/mol. The molecule has 3 aromatic heterocycles. The lowest BCUT2D eigenvalue weighted by molar-refractivity contribution is -0.122. The molecule has 11 heteroatoms. The molecule has 0 bridgehead atoms. The van der Waals surface area contributed by atoms with Gasteiger partial charge in [-0.3, -0.25) is 9.69 Å². The number of hydrogen-bond acceptors (Lipinski definition) is 8. The van der Waals surface area contributed by atoms with E-state index in [2.05, 4.69) is 30.2 Å². The molecule has 1 aromatic carbocycles. The lowest BCUT2D eigenvalue weighted by atomic mass is 10.0. The van der Waals surface area contributed by atoms with E-state index in [0.29, 0.717) is 73.2 Å². The fraction of sp³-hybridized carbons (Fsp3) is 0.269. The molecular weight excluding hydrogens is 480 g/mol. The minimum absolute atomic E-state index is 0.0848. The number of β-lactam (4-membered cyclic amide) rings is 1. The smallest absolute Gasteiger partial charge is 0.229 e. The highest BCUT2D eigenvalue weighted by Gasteiger charge is 2.30. The summed E-state index contributed by atoms with van der Waals surface area (Å²) in [5, 5.41) is 3.52. The number of anilines is 4. The molecular formula is C26H23F2N7O2. The molecule has 1 N–H and O–H groups in total. The van der Waals surface area contributed by atoms with Gasteiger partial charge < -0.3 is 15.0 Å². The molecule has 2 aliphatic heterocycles. The van der Waals surface area contributed by atoms with E-state index in [0.717, 1.165) is 11.9 Å². The largest absolute Gasteiger partial charge is 0.378 e. The van der Waals surface area contributed by atoms with E-state index in [1.54, 1.807) is 25.5 Å². The molecule has 5 heterocycles. The molecule has 1 amide bonds. The molecule has 37 heavy (non-hydrogen) atoms. The zero-order valence-corrected chi connectivity index (χ0v) is 20.0. The van der Waals surface area contributed by atoms with Crippen molar-refractivity contribution in [3.05, 3.63) is 60.3 Å². The van der Waals surface area contributed by atoms with Gasteiger partial charge in [0.2, 0.25) is 5.91 Å². The van der Waals surface area contributed by atoms with Crippen molar-refractivity contribution in [2.24, 2.45) is 0 Å². The Balaban J connectivity index is 1.54. The summed E-state index contributed by atoms with van der Waals surface area (Å²) in [4.78, 5) is 33.3. The second kappa shape index (κ2) is 9.32. The summed E-state index contributed by atoms with van der Waals surface area (Å²) in [6.45, 7) is 4.83. The molecule has 0 spiro atoms. The van der Waals surface area contributed by atoms with Crippen LogP contribution in [0.25, 0.3) is 22.0 Å². The summed E-state index contributed by atoms with van der Waals surface area (Å²) < 4.78 is 34.9. The average Bonchev–Trinajstić information content (AvgIpc) is 2.91. The minimum Gasteiger partial charge on any atom is -0.378 e. The highest BCUT2D eigenvalue weighted by molar-refractivity contribution is 6.04.